The van der Waals surface area contributed by atoms with Crippen molar-refractivity contribution in [2.75, 3.05) is 6.54 Å². The average Bonchev–Trinajstić information content (AvgIpc) is 2.92. The van der Waals surface area contributed by atoms with E-state index in [0.717, 1.165) is 15.5 Å². The number of likely N-dealkylation sites (tertiary alicyclic amines) is 1. The van der Waals surface area contributed by atoms with Gasteiger partial charge in [0.15, 0.2) is 0 Å². The van der Waals surface area contributed by atoms with E-state index in [2.05, 4.69) is 10.3 Å². The maximum atomic E-state index is 11.9. The fraction of sp³-hybridized carbons (Fsp3) is 0.545. The molecule has 8 heteroatoms. The number of aromatic nitrogens is 1. The van der Waals surface area contributed by atoms with Crippen molar-refractivity contribution in [3.05, 3.63) is 16.1 Å². The highest BCUT2D eigenvalue weighted by atomic mass is 32.1. The molecule has 1 fully saturated rings. The van der Waals surface area contributed by atoms with Gasteiger partial charge in [0.1, 0.15) is 6.04 Å². The number of thiazole rings is 1. The summed E-state index contributed by atoms with van der Waals surface area (Å²) in [5.74, 6) is -1.10. The van der Waals surface area contributed by atoms with Crippen LogP contribution >= 0.6 is 11.3 Å². The topological polar surface area (TPSA) is 103 Å². The monoisotopic (exact) mass is 285 g/mol. The Morgan fingerprint density at radius 2 is 2.37 bits per heavy atom. The average molecular weight is 285 g/mol. The molecule has 0 saturated carbocycles. The van der Waals surface area contributed by atoms with Crippen LogP contribution in [-0.2, 0) is 11.3 Å². The number of carboxylic acids is 1. The summed E-state index contributed by atoms with van der Waals surface area (Å²) in [5.41, 5.74) is 2.54. The SMILES string of the molecule is Cc1ncsc1CNC(=O)N1CC(O)CC1C(=O)O. The molecular weight excluding hydrogens is 270 g/mol. The zero-order valence-electron chi connectivity index (χ0n) is 10.4. The van der Waals surface area contributed by atoms with Crippen LogP contribution in [0.1, 0.15) is 17.0 Å². The van der Waals surface area contributed by atoms with E-state index in [0.29, 0.717) is 6.54 Å². The van der Waals surface area contributed by atoms with Gasteiger partial charge in [0.2, 0.25) is 0 Å². The number of urea groups is 1. The quantitative estimate of drug-likeness (QED) is 0.735. The Hall–Kier alpha value is -1.67. The van der Waals surface area contributed by atoms with E-state index >= 15 is 0 Å². The normalized spacial score (nSPS) is 22.5. The van der Waals surface area contributed by atoms with Crippen molar-refractivity contribution >= 4 is 23.3 Å². The van der Waals surface area contributed by atoms with Crippen molar-refractivity contribution in [1.29, 1.82) is 0 Å². The first-order chi connectivity index (χ1) is 8.99. The molecular formula is C11H15N3O4S. The van der Waals surface area contributed by atoms with E-state index in [-0.39, 0.29) is 13.0 Å². The van der Waals surface area contributed by atoms with Crippen LogP contribution in [0.25, 0.3) is 0 Å². The Bertz CT molecular complexity index is 490. The number of hydrogen-bond donors (Lipinski definition) is 3. The number of nitrogens with zero attached hydrogens (tertiary/aromatic N) is 2. The Morgan fingerprint density at radius 3 is 2.95 bits per heavy atom. The molecule has 1 aliphatic heterocycles. The minimum Gasteiger partial charge on any atom is -0.480 e. The molecule has 1 aliphatic rings. The number of carbonyl (C=O) groups excluding carboxylic acids is 1. The number of rotatable bonds is 3. The zero-order chi connectivity index (χ0) is 14.0. The lowest BCUT2D eigenvalue weighted by Crippen LogP contribution is -2.45. The third-order valence-electron chi connectivity index (χ3n) is 3.07. The van der Waals surface area contributed by atoms with Crippen LogP contribution in [0.2, 0.25) is 0 Å². The molecule has 0 radical (unpaired) electrons. The molecule has 0 aromatic carbocycles. The molecule has 2 amide bonds. The van der Waals surface area contributed by atoms with E-state index < -0.39 is 24.1 Å². The van der Waals surface area contributed by atoms with Gasteiger partial charge in [0, 0.05) is 17.8 Å². The number of hydrogen-bond acceptors (Lipinski definition) is 5. The number of aryl methyl sites for hydroxylation is 1. The van der Waals surface area contributed by atoms with Crippen LogP contribution in [0.4, 0.5) is 4.79 Å². The standard InChI is InChI=1S/C11H15N3O4S/c1-6-9(19-5-13-6)3-12-11(18)14-4-7(15)2-8(14)10(16)17/h5,7-8,15H,2-4H2,1H3,(H,12,18)(H,16,17). The van der Waals surface area contributed by atoms with E-state index in [4.69, 9.17) is 5.11 Å². The third kappa shape index (κ3) is 3.02. The van der Waals surface area contributed by atoms with Crippen molar-refractivity contribution in [2.45, 2.75) is 32.0 Å². The lowest BCUT2D eigenvalue weighted by molar-refractivity contribution is -0.141. The predicted molar refractivity (Wildman–Crippen MR) is 67.8 cm³/mol. The van der Waals surface area contributed by atoms with E-state index in [9.17, 15) is 14.7 Å². The minimum atomic E-state index is -1.10. The molecule has 1 saturated heterocycles. The van der Waals surface area contributed by atoms with Gasteiger partial charge >= 0.3 is 12.0 Å². The summed E-state index contributed by atoms with van der Waals surface area (Å²) in [6.45, 7) is 2.20. The lowest BCUT2D eigenvalue weighted by atomic mass is 10.2. The van der Waals surface area contributed by atoms with Gasteiger partial charge < -0.3 is 20.4 Å². The van der Waals surface area contributed by atoms with E-state index in [1.54, 1.807) is 5.51 Å². The molecule has 2 rings (SSSR count). The molecule has 2 atom stereocenters. The van der Waals surface area contributed by atoms with Crippen molar-refractivity contribution in [1.82, 2.24) is 15.2 Å². The number of β-amino-alcohol motifs (C(OH)–C–C–N with tert-alkyl or cyclic N) is 1. The molecule has 7 nitrogen and oxygen atoms in total. The van der Waals surface area contributed by atoms with Gasteiger partial charge in [-0.25, -0.2) is 14.6 Å². The molecule has 2 unspecified atom stereocenters. The van der Waals surface area contributed by atoms with Crippen LogP contribution in [0.3, 0.4) is 0 Å². The van der Waals surface area contributed by atoms with Crippen molar-refractivity contribution in [2.24, 2.45) is 0 Å². The van der Waals surface area contributed by atoms with Gasteiger partial charge in [-0.15, -0.1) is 11.3 Å². The van der Waals surface area contributed by atoms with Crippen LogP contribution in [0.15, 0.2) is 5.51 Å². The molecule has 2 heterocycles. The smallest absolute Gasteiger partial charge is 0.326 e. The number of carbonyl (C=O) groups is 2. The van der Waals surface area contributed by atoms with Crippen LogP contribution in [0, 0.1) is 6.92 Å². The minimum absolute atomic E-state index is 0.0461. The second-order valence-corrected chi connectivity index (χ2v) is 5.35. The molecule has 0 spiro atoms. The highest BCUT2D eigenvalue weighted by molar-refractivity contribution is 7.09. The summed E-state index contributed by atoms with van der Waals surface area (Å²) < 4.78 is 0. The second-order valence-electron chi connectivity index (χ2n) is 4.42. The number of carboxylic acid groups (broad SMARTS) is 1. The molecule has 104 valence electrons. The first kappa shape index (κ1) is 13.8. The Kier molecular flexibility index (Phi) is 4.01. The summed E-state index contributed by atoms with van der Waals surface area (Å²) in [6, 6.07) is -1.44. The maximum absolute atomic E-state index is 11.9. The highest BCUT2D eigenvalue weighted by Gasteiger charge is 2.38. The maximum Gasteiger partial charge on any atom is 0.326 e. The van der Waals surface area contributed by atoms with Crippen LogP contribution in [-0.4, -0.2) is 50.8 Å². The molecule has 1 aromatic heterocycles. The summed E-state index contributed by atoms with van der Waals surface area (Å²) in [5, 5.41) is 21.1. The number of aliphatic hydroxyl groups excluding tert-OH is 1. The molecule has 0 aliphatic carbocycles. The van der Waals surface area contributed by atoms with Crippen LogP contribution in [0.5, 0.6) is 0 Å². The number of aliphatic carboxylic acids is 1. The van der Waals surface area contributed by atoms with Gasteiger partial charge in [-0.1, -0.05) is 0 Å². The molecule has 1 aromatic rings. The number of nitrogens with one attached hydrogen (secondary N) is 1. The largest absolute Gasteiger partial charge is 0.480 e. The van der Waals surface area contributed by atoms with Gasteiger partial charge in [0.25, 0.3) is 0 Å². The Labute approximate surface area is 113 Å². The Morgan fingerprint density at radius 1 is 1.63 bits per heavy atom. The highest BCUT2D eigenvalue weighted by Crippen LogP contribution is 2.18. The molecule has 19 heavy (non-hydrogen) atoms. The second kappa shape index (κ2) is 5.54. The number of amides is 2. The fourth-order valence-corrected chi connectivity index (χ4v) is 2.74. The Balaban J connectivity index is 1.96. The molecule has 3 N–H and O–H groups in total. The van der Waals surface area contributed by atoms with Gasteiger partial charge in [0.05, 0.1) is 23.9 Å². The van der Waals surface area contributed by atoms with E-state index in [1.807, 2.05) is 6.92 Å². The van der Waals surface area contributed by atoms with Gasteiger partial charge in [-0.05, 0) is 6.92 Å². The van der Waals surface area contributed by atoms with Crippen molar-refractivity contribution < 1.29 is 19.8 Å². The first-order valence-corrected chi connectivity index (χ1v) is 6.71. The number of aliphatic hydroxyl groups is 1. The summed E-state index contributed by atoms with van der Waals surface area (Å²) >= 11 is 1.43. The van der Waals surface area contributed by atoms with E-state index in [1.165, 1.54) is 11.3 Å². The van der Waals surface area contributed by atoms with Gasteiger partial charge in [-0.2, -0.15) is 0 Å². The van der Waals surface area contributed by atoms with Crippen molar-refractivity contribution in [3.63, 3.8) is 0 Å². The first-order valence-electron chi connectivity index (χ1n) is 5.83. The van der Waals surface area contributed by atoms with Crippen molar-refractivity contribution in [3.8, 4) is 0 Å². The zero-order valence-corrected chi connectivity index (χ0v) is 11.2. The van der Waals surface area contributed by atoms with Crippen LogP contribution < -0.4 is 5.32 Å². The third-order valence-corrected chi connectivity index (χ3v) is 4.01. The summed E-state index contributed by atoms with van der Waals surface area (Å²) in [6.07, 6.45) is -0.709. The summed E-state index contributed by atoms with van der Waals surface area (Å²) in [4.78, 5) is 29.1. The lowest BCUT2D eigenvalue weighted by Gasteiger charge is -2.21. The fourth-order valence-electron chi connectivity index (χ4n) is 2.03. The molecule has 0 bridgehead atoms. The predicted octanol–water partition coefficient (Wildman–Crippen LogP) is 0.181. The summed E-state index contributed by atoms with van der Waals surface area (Å²) in [7, 11) is 0. The van der Waals surface area contributed by atoms with Gasteiger partial charge in [-0.3, -0.25) is 0 Å².